The second kappa shape index (κ2) is 4.69. The minimum atomic E-state index is 0.171. The van der Waals surface area contributed by atoms with Gasteiger partial charge in [0, 0.05) is 30.9 Å². The number of nitrogens with two attached hydrogens (primary N) is 1. The van der Waals surface area contributed by atoms with Crippen molar-refractivity contribution in [3.05, 3.63) is 47.5 Å². The molecule has 0 unspecified atom stereocenters. The number of aromatic amines is 1. The molecule has 1 aromatic heterocycles. The lowest BCUT2D eigenvalue weighted by Gasteiger charge is -2.08. The van der Waals surface area contributed by atoms with E-state index in [9.17, 15) is 5.11 Å². The van der Waals surface area contributed by atoms with Crippen LogP contribution in [0.5, 0.6) is 5.75 Å². The molecule has 2 aromatic rings. The molecular weight excluding hydrogens is 216 g/mol. The number of phenolic OH excluding ortho intramolecular Hbond substituents is 1. The normalized spacial score (nSPS) is 11.7. The number of benzene rings is 1. The molecule has 0 spiro atoms. The van der Waals surface area contributed by atoms with E-state index in [1.165, 1.54) is 0 Å². The number of nitrogens with zero attached hydrogens (tertiary/aromatic N) is 2. The van der Waals surface area contributed by atoms with Crippen LogP contribution < -0.4 is 5.73 Å². The predicted molar refractivity (Wildman–Crippen MR) is 66.1 cm³/mol. The summed E-state index contributed by atoms with van der Waals surface area (Å²) < 4.78 is 0. The summed E-state index contributed by atoms with van der Waals surface area (Å²) in [5.41, 5.74) is 7.99. The molecule has 0 radical (unpaired) electrons. The Labute approximate surface area is 99.0 Å². The van der Waals surface area contributed by atoms with Gasteiger partial charge in [0.05, 0.1) is 11.9 Å². The number of para-hydroxylation sites is 1. The van der Waals surface area contributed by atoms with Gasteiger partial charge in [-0.3, -0.25) is 4.99 Å². The highest BCUT2D eigenvalue weighted by atomic mass is 16.3. The Hall–Kier alpha value is -2.30. The number of H-pyrrole nitrogens is 1. The molecule has 4 N–H and O–H groups in total. The minimum absolute atomic E-state index is 0.171. The Morgan fingerprint density at radius 3 is 3.00 bits per heavy atom. The van der Waals surface area contributed by atoms with Crippen LogP contribution in [-0.4, -0.2) is 28.0 Å². The summed E-state index contributed by atoms with van der Waals surface area (Å²) in [7, 11) is 1.59. The van der Waals surface area contributed by atoms with Crippen molar-refractivity contribution in [1.82, 2.24) is 9.97 Å². The summed E-state index contributed by atoms with van der Waals surface area (Å²) in [5, 5.41) is 10.1. The number of aromatic hydroxyl groups is 1. The van der Waals surface area contributed by atoms with Crippen LogP contribution in [0.25, 0.3) is 0 Å². The van der Waals surface area contributed by atoms with E-state index in [0.717, 1.165) is 11.3 Å². The van der Waals surface area contributed by atoms with E-state index in [-0.39, 0.29) is 5.75 Å². The van der Waals surface area contributed by atoms with E-state index < -0.39 is 0 Å². The van der Waals surface area contributed by atoms with Crippen molar-refractivity contribution in [2.24, 2.45) is 10.7 Å². The number of nitrogens with one attached hydrogen (secondary N) is 1. The van der Waals surface area contributed by atoms with Gasteiger partial charge in [0.1, 0.15) is 11.6 Å². The first-order valence-electron chi connectivity index (χ1n) is 5.23. The maximum atomic E-state index is 10.1. The van der Waals surface area contributed by atoms with Crippen LogP contribution in [0.2, 0.25) is 0 Å². The quantitative estimate of drug-likeness (QED) is 0.544. The van der Waals surface area contributed by atoms with Crippen molar-refractivity contribution in [2.75, 3.05) is 7.05 Å². The van der Waals surface area contributed by atoms with Gasteiger partial charge in [-0.1, -0.05) is 12.1 Å². The number of imidazole rings is 1. The van der Waals surface area contributed by atoms with Gasteiger partial charge in [0.25, 0.3) is 0 Å². The molecule has 0 atom stereocenters. The number of hydrogen-bond acceptors (Lipinski definition) is 3. The van der Waals surface area contributed by atoms with Crippen LogP contribution in [0.4, 0.5) is 0 Å². The van der Waals surface area contributed by atoms with Crippen LogP contribution in [0, 0.1) is 0 Å². The SMILES string of the molecule is CN=C(N)c1cccc(Cc2cnc[nH]2)c1O. The van der Waals surface area contributed by atoms with Crippen LogP contribution in [0.15, 0.2) is 35.7 Å². The fourth-order valence-corrected chi connectivity index (χ4v) is 1.65. The summed E-state index contributed by atoms with van der Waals surface area (Å²) >= 11 is 0. The number of hydrogen-bond donors (Lipinski definition) is 3. The number of aromatic nitrogens is 2. The van der Waals surface area contributed by atoms with Crippen molar-refractivity contribution < 1.29 is 5.11 Å². The standard InChI is InChI=1S/C12H14N4O/c1-14-12(13)10-4-2-3-8(11(10)17)5-9-6-15-7-16-9/h2-4,6-7,17H,5H2,1H3,(H2,13,14)(H,15,16). The third-order valence-electron chi connectivity index (χ3n) is 2.57. The molecule has 0 aliphatic carbocycles. The fourth-order valence-electron chi connectivity index (χ4n) is 1.65. The number of phenols is 1. The van der Waals surface area contributed by atoms with E-state index in [0.29, 0.717) is 17.8 Å². The zero-order valence-electron chi connectivity index (χ0n) is 9.51. The second-order valence-electron chi connectivity index (χ2n) is 3.68. The van der Waals surface area contributed by atoms with Gasteiger partial charge >= 0.3 is 0 Å². The molecule has 0 saturated heterocycles. The molecule has 1 heterocycles. The molecule has 0 saturated carbocycles. The van der Waals surface area contributed by atoms with Gasteiger partial charge in [-0.05, 0) is 6.07 Å². The molecule has 5 heteroatoms. The van der Waals surface area contributed by atoms with Crippen LogP contribution >= 0.6 is 0 Å². The molecule has 0 fully saturated rings. The predicted octanol–water partition coefficient (Wildman–Crippen LogP) is 1.04. The highest BCUT2D eigenvalue weighted by Gasteiger charge is 2.10. The summed E-state index contributed by atoms with van der Waals surface area (Å²) in [6, 6.07) is 5.44. The number of amidine groups is 1. The van der Waals surface area contributed by atoms with Crippen molar-refractivity contribution in [3.8, 4) is 5.75 Å². The van der Waals surface area contributed by atoms with E-state index in [2.05, 4.69) is 15.0 Å². The van der Waals surface area contributed by atoms with Gasteiger partial charge in [0.2, 0.25) is 0 Å². The van der Waals surface area contributed by atoms with E-state index in [1.54, 1.807) is 25.6 Å². The van der Waals surface area contributed by atoms with Crippen LogP contribution in [-0.2, 0) is 6.42 Å². The zero-order valence-corrected chi connectivity index (χ0v) is 9.51. The lowest BCUT2D eigenvalue weighted by molar-refractivity contribution is 0.468. The van der Waals surface area contributed by atoms with Gasteiger partial charge < -0.3 is 15.8 Å². The van der Waals surface area contributed by atoms with Crippen LogP contribution in [0.1, 0.15) is 16.8 Å². The Morgan fingerprint density at radius 2 is 2.35 bits per heavy atom. The zero-order chi connectivity index (χ0) is 12.3. The molecular formula is C12H14N4O. The van der Waals surface area contributed by atoms with E-state index in [4.69, 9.17) is 5.73 Å². The molecule has 0 aliphatic heterocycles. The van der Waals surface area contributed by atoms with Crippen molar-refractivity contribution >= 4 is 5.84 Å². The Bertz CT molecular complexity index is 531. The smallest absolute Gasteiger partial charge is 0.130 e. The first-order valence-corrected chi connectivity index (χ1v) is 5.23. The van der Waals surface area contributed by atoms with E-state index >= 15 is 0 Å². The van der Waals surface area contributed by atoms with Crippen molar-refractivity contribution in [2.45, 2.75) is 6.42 Å². The molecule has 1 aromatic carbocycles. The maximum absolute atomic E-state index is 10.1. The summed E-state index contributed by atoms with van der Waals surface area (Å²) in [5.74, 6) is 0.499. The Kier molecular flexibility index (Phi) is 3.09. The lowest BCUT2D eigenvalue weighted by Crippen LogP contribution is -2.13. The van der Waals surface area contributed by atoms with E-state index in [1.807, 2.05) is 12.1 Å². The van der Waals surface area contributed by atoms with Gasteiger partial charge in [0.15, 0.2) is 0 Å². The maximum Gasteiger partial charge on any atom is 0.130 e. The summed E-state index contributed by atoms with van der Waals surface area (Å²) in [4.78, 5) is 10.8. The lowest BCUT2D eigenvalue weighted by atomic mass is 10.0. The van der Waals surface area contributed by atoms with Crippen molar-refractivity contribution in [1.29, 1.82) is 0 Å². The molecule has 0 bridgehead atoms. The van der Waals surface area contributed by atoms with Gasteiger partial charge in [-0.15, -0.1) is 0 Å². The molecule has 0 aliphatic rings. The minimum Gasteiger partial charge on any atom is -0.507 e. The summed E-state index contributed by atoms with van der Waals surface area (Å²) in [6.07, 6.45) is 3.91. The molecule has 2 rings (SSSR count). The first kappa shape index (κ1) is 11.2. The number of rotatable bonds is 3. The average Bonchev–Trinajstić information content (AvgIpc) is 2.84. The molecule has 17 heavy (non-hydrogen) atoms. The Morgan fingerprint density at radius 1 is 1.53 bits per heavy atom. The second-order valence-corrected chi connectivity index (χ2v) is 3.68. The molecule has 88 valence electrons. The Balaban J connectivity index is 2.36. The van der Waals surface area contributed by atoms with Crippen LogP contribution in [0.3, 0.4) is 0 Å². The first-order chi connectivity index (χ1) is 8.22. The fraction of sp³-hybridized carbons (Fsp3) is 0.167. The van der Waals surface area contributed by atoms with Gasteiger partial charge in [-0.2, -0.15) is 0 Å². The average molecular weight is 230 g/mol. The van der Waals surface area contributed by atoms with Gasteiger partial charge in [-0.25, -0.2) is 4.98 Å². The third kappa shape index (κ3) is 2.28. The summed E-state index contributed by atoms with van der Waals surface area (Å²) in [6.45, 7) is 0. The monoisotopic (exact) mass is 230 g/mol. The third-order valence-corrected chi connectivity index (χ3v) is 2.57. The highest BCUT2D eigenvalue weighted by Crippen LogP contribution is 2.24. The molecule has 5 nitrogen and oxygen atoms in total. The largest absolute Gasteiger partial charge is 0.507 e. The highest BCUT2D eigenvalue weighted by molar-refractivity contribution is 6.00. The topological polar surface area (TPSA) is 87.3 Å². The van der Waals surface area contributed by atoms with Crippen molar-refractivity contribution in [3.63, 3.8) is 0 Å². The molecule has 0 amide bonds. The number of aliphatic imine (C=N–C) groups is 1.